The van der Waals surface area contributed by atoms with E-state index < -0.39 is 6.04 Å². The van der Waals surface area contributed by atoms with Crippen molar-refractivity contribution in [3.05, 3.63) is 34.1 Å². The molecule has 1 atom stereocenters. The van der Waals surface area contributed by atoms with Gasteiger partial charge >= 0.3 is 0 Å². The zero-order valence-electron chi connectivity index (χ0n) is 6.30. The van der Waals surface area contributed by atoms with E-state index in [0.29, 0.717) is 10.0 Å². The summed E-state index contributed by atoms with van der Waals surface area (Å²) in [5.41, 5.74) is 6.08. The van der Waals surface area contributed by atoms with Gasteiger partial charge in [0.2, 0.25) is 0 Å². The first-order chi connectivity index (χ1) is 5.63. The molecule has 0 aromatic heterocycles. The Hall–Kier alpha value is -0.450. The first-order valence-corrected chi connectivity index (χ1v) is 4.25. The van der Waals surface area contributed by atoms with Gasteiger partial charge in [-0.3, -0.25) is 0 Å². The third-order valence-corrected chi connectivity index (χ3v) is 1.97. The second-order valence-electron chi connectivity index (χ2n) is 2.49. The summed E-state index contributed by atoms with van der Waals surface area (Å²) in [7, 11) is 0. The summed E-state index contributed by atoms with van der Waals surface area (Å²) in [6, 6.07) is 3.82. The summed E-state index contributed by atoms with van der Waals surface area (Å²) < 4.78 is 13.4. The Morgan fingerprint density at radius 3 is 2.67 bits per heavy atom. The van der Waals surface area contributed by atoms with Crippen molar-refractivity contribution in [1.82, 2.24) is 0 Å². The maximum atomic E-state index is 12.8. The molecule has 0 aliphatic rings. The van der Waals surface area contributed by atoms with Gasteiger partial charge in [-0.25, -0.2) is 4.39 Å². The van der Waals surface area contributed by atoms with E-state index in [0.717, 1.165) is 0 Å². The van der Waals surface area contributed by atoms with Crippen LogP contribution in [0.3, 0.4) is 0 Å². The zero-order valence-corrected chi connectivity index (χ0v) is 7.88. The summed E-state index contributed by atoms with van der Waals surface area (Å²) in [5, 5.41) is 8.71. The molecule has 1 aromatic carbocycles. The van der Waals surface area contributed by atoms with Crippen molar-refractivity contribution >= 4 is 15.9 Å². The zero-order chi connectivity index (χ0) is 9.14. The van der Waals surface area contributed by atoms with Gasteiger partial charge < -0.3 is 10.8 Å². The molecule has 12 heavy (non-hydrogen) atoms. The topological polar surface area (TPSA) is 46.2 Å². The van der Waals surface area contributed by atoms with E-state index in [9.17, 15) is 4.39 Å². The van der Waals surface area contributed by atoms with Gasteiger partial charge in [0.25, 0.3) is 0 Å². The molecule has 1 unspecified atom stereocenters. The molecule has 66 valence electrons. The van der Waals surface area contributed by atoms with Crippen molar-refractivity contribution in [3.8, 4) is 0 Å². The van der Waals surface area contributed by atoms with Crippen LogP contribution in [0.15, 0.2) is 22.7 Å². The molecule has 1 rings (SSSR count). The van der Waals surface area contributed by atoms with Crippen molar-refractivity contribution < 1.29 is 9.50 Å². The molecule has 0 bridgehead atoms. The Morgan fingerprint density at radius 2 is 2.17 bits per heavy atom. The fourth-order valence-electron chi connectivity index (χ4n) is 0.895. The summed E-state index contributed by atoms with van der Waals surface area (Å²) in [4.78, 5) is 0. The second-order valence-corrected chi connectivity index (χ2v) is 3.41. The van der Waals surface area contributed by atoms with Gasteiger partial charge in [0.05, 0.1) is 12.6 Å². The van der Waals surface area contributed by atoms with E-state index in [-0.39, 0.29) is 12.4 Å². The molecule has 0 fully saturated rings. The molecule has 0 amide bonds. The Bertz CT molecular complexity index is 260. The average molecular weight is 234 g/mol. The molecular formula is C8H9BrFNO. The SMILES string of the molecule is NC(CO)c1cc(F)cc(Br)c1. The lowest BCUT2D eigenvalue weighted by Crippen LogP contribution is -2.14. The molecule has 0 saturated carbocycles. The Kier molecular flexibility index (Phi) is 3.20. The third-order valence-electron chi connectivity index (χ3n) is 1.51. The van der Waals surface area contributed by atoms with Gasteiger partial charge in [-0.2, -0.15) is 0 Å². The number of halogens is 2. The average Bonchev–Trinajstić information content (AvgIpc) is 2.01. The number of benzene rings is 1. The quantitative estimate of drug-likeness (QED) is 0.815. The predicted molar refractivity (Wildman–Crippen MR) is 48.1 cm³/mol. The standard InChI is InChI=1S/C8H9BrFNO/c9-6-1-5(8(11)4-12)2-7(10)3-6/h1-3,8,12H,4,11H2. The van der Waals surface area contributed by atoms with Crippen LogP contribution in [0, 0.1) is 5.82 Å². The summed E-state index contributed by atoms with van der Waals surface area (Å²) in [6.45, 7) is -0.185. The minimum absolute atomic E-state index is 0.185. The van der Waals surface area contributed by atoms with E-state index in [1.165, 1.54) is 12.1 Å². The highest BCUT2D eigenvalue weighted by Crippen LogP contribution is 2.18. The van der Waals surface area contributed by atoms with E-state index in [4.69, 9.17) is 10.8 Å². The highest BCUT2D eigenvalue weighted by atomic mass is 79.9. The molecule has 0 radical (unpaired) electrons. The van der Waals surface area contributed by atoms with E-state index in [1.807, 2.05) is 0 Å². The van der Waals surface area contributed by atoms with Crippen molar-refractivity contribution in [2.75, 3.05) is 6.61 Å². The fourth-order valence-corrected chi connectivity index (χ4v) is 1.38. The van der Waals surface area contributed by atoms with Gasteiger partial charge in [-0.1, -0.05) is 15.9 Å². The Morgan fingerprint density at radius 1 is 1.50 bits per heavy atom. The Labute approximate surface area is 78.3 Å². The van der Waals surface area contributed by atoms with Gasteiger partial charge in [0, 0.05) is 4.47 Å². The number of nitrogens with two attached hydrogens (primary N) is 1. The minimum Gasteiger partial charge on any atom is -0.394 e. The van der Waals surface area contributed by atoms with Crippen LogP contribution in [0.4, 0.5) is 4.39 Å². The van der Waals surface area contributed by atoms with Crippen LogP contribution in [-0.2, 0) is 0 Å². The lowest BCUT2D eigenvalue weighted by atomic mass is 10.1. The van der Waals surface area contributed by atoms with Crippen LogP contribution in [0.25, 0.3) is 0 Å². The Balaban J connectivity index is 3.00. The van der Waals surface area contributed by atoms with Crippen molar-refractivity contribution in [1.29, 1.82) is 0 Å². The molecule has 0 aliphatic heterocycles. The molecular weight excluding hydrogens is 225 g/mol. The molecule has 0 heterocycles. The molecule has 0 spiro atoms. The first kappa shape index (κ1) is 9.64. The van der Waals surface area contributed by atoms with Crippen molar-refractivity contribution in [2.24, 2.45) is 5.73 Å². The molecule has 1 aromatic rings. The van der Waals surface area contributed by atoms with Crippen molar-refractivity contribution in [2.45, 2.75) is 6.04 Å². The minimum atomic E-state index is -0.517. The van der Waals surface area contributed by atoms with Crippen LogP contribution >= 0.6 is 15.9 Å². The van der Waals surface area contributed by atoms with Crippen LogP contribution in [0.1, 0.15) is 11.6 Å². The van der Waals surface area contributed by atoms with Crippen LogP contribution < -0.4 is 5.73 Å². The van der Waals surface area contributed by atoms with E-state index in [1.54, 1.807) is 6.07 Å². The van der Waals surface area contributed by atoms with Crippen LogP contribution in [0.5, 0.6) is 0 Å². The normalized spacial score (nSPS) is 13.0. The van der Waals surface area contributed by atoms with Crippen LogP contribution in [-0.4, -0.2) is 11.7 Å². The van der Waals surface area contributed by atoms with E-state index in [2.05, 4.69) is 15.9 Å². The van der Waals surface area contributed by atoms with Gasteiger partial charge in [0.1, 0.15) is 5.82 Å². The lowest BCUT2D eigenvalue weighted by molar-refractivity contribution is 0.267. The lowest BCUT2D eigenvalue weighted by Gasteiger charge is -2.08. The summed E-state index contributed by atoms with van der Waals surface area (Å²) in [5.74, 6) is -0.358. The monoisotopic (exact) mass is 233 g/mol. The molecule has 0 saturated heterocycles. The van der Waals surface area contributed by atoms with Gasteiger partial charge in [-0.05, 0) is 23.8 Å². The third kappa shape index (κ3) is 2.27. The predicted octanol–water partition coefficient (Wildman–Crippen LogP) is 1.58. The number of hydrogen-bond donors (Lipinski definition) is 2. The summed E-state index contributed by atoms with van der Waals surface area (Å²) >= 11 is 3.13. The maximum Gasteiger partial charge on any atom is 0.124 e. The number of aliphatic hydroxyl groups is 1. The number of rotatable bonds is 2. The molecule has 0 aliphatic carbocycles. The van der Waals surface area contributed by atoms with Crippen molar-refractivity contribution in [3.63, 3.8) is 0 Å². The highest BCUT2D eigenvalue weighted by molar-refractivity contribution is 9.10. The van der Waals surface area contributed by atoms with Gasteiger partial charge in [0.15, 0.2) is 0 Å². The molecule has 3 N–H and O–H groups in total. The maximum absolute atomic E-state index is 12.8. The second kappa shape index (κ2) is 3.98. The highest BCUT2D eigenvalue weighted by Gasteiger charge is 2.06. The first-order valence-electron chi connectivity index (χ1n) is 3.46. The fraction of sp³-hybridized carbons (Fsp3) is 0.250. The summed E-state index contributed by atoms with van der Waals surface area (Å²) in [6.07, 6.45) is 0. The van der Waals surface area contributed by atoms with Gasteiger partial charge in [-0.15, -0.1) is 0 Å². The number of aliphatic hydroxyl groups excluding tert-OH is 1. The van der Waals surface area contributed by atoms with E-state index >= 15 is 0 Å². The number of hydrogen-bond acceptors (Lipinski definition) is 2. The molecule has 4 heteroatoms. The largest absolute Gasteiger partial charge is 0.394 e. The smallest absolute Gasteiger partial charge is 0.124 e. The molecule has 2 nitrogen and oxygen atoms in total. The van der Waals surface area contributed by atoms with Crippen LogP contribution in [0.2, 0.25) is 0 Å².